The molecule has 0 aliphatic rings. The molecule has 4 nitrogen and oxygen atoms in total. The van der Waals surface area contributed by atoms with Crippen molar-refractivity contribution in [3.8, 4) is 0 Å². The third kappa shape index (κ3) is 8.72. The molecule has 1 unspecified atom stereocenters. The van der Waals surface area contributed by atoms with Crippen molar-refractivity contribution in [1.29, 1.82) is 0 Å². The summed E-state index contributed by atoms with van der Waals surface area (Å²) in [5, 5.41) is 3.05. The minimum Gasteiger partial charge on any atom is -0.370 e. The zero-order chi connectivity index (χ0) is 15.0. The topological polar surface area (TPSA) is 53.6 Å². The second-order valence-corrected chi connectivity index (χ2v) is 5.34. The molecular formula is C16H27IN4. The molecule has 1 atom stereocenters. The van der Waals surface area contributed by atoms with E-state index in [-0.39, 0.29) is 24.0 Å². The van der Waals surface area contributed by atoms with Gasteiger partial charge in [-0.2, -0.15) is 0 Å². The van der Waals surface area contributed by atoms with Crippen LogP contribution in [-0.2, 0) is 6.42 Å². The van der Waals surface area contributed by atoms with Gasteiger partial charge in [0.2, 0.25) is 0 Å². The van der Waals surface area contributed by atoms with E-state index in [0.29, 0.717) is 25.1 Å². The highest BCUT2D eigenvalue weighted by atomic mass is 127. The van der Waals surface area contributed by atoms with E-state index in [0.717, 1.165) is 12.0 Å². The molecule has 0 bridgehead atoms. The van der Waals surface area contributed by atoms with Crippen molar-refractivity contribution in [2.24, 2.45) is 10.7 Å². The molecule has 0 aliphatic carbocycles. The Bertz CT molecular complexity index is 443. The number of nitrogens with one attached hydrogen (secondary N) is 1. The van der Waals surface area contributed by atoms with Crippen molar-refractivity contribution in [2.75, 3.05) is 27.2 Å². The van der Waals surface area contributed by atoms with Crippen LogP contribution in [0.5, 0.6) is 0 Å². The first-order valence-electron chi connectivity index (χ1n) is 6.87. The maximum atomic E-state index is 5.84. The summed E-state index contributed by atoms with van der Waals surface area (Å²) in [6.45, 7) is 7.13. The Labute approximate surface area is 145 Å². The normalized spacial score (nSPS) is 12.7. The molecule has 0 spiro atoms. The van der Waals surface area contributed by atoms with E-state index >= 15 is 0 Å². The lowest BCUT2D eigenvalue weighted by Crippen LogP contribution is -2.37. The summed E-state index contributed by atoms with van der Waals surface area (Å²) in [4.78, 5) is 6.60. The second-order valence-electron chi connectivity index (χ2n) is 5.34. The number of nitrogens with two attached hydrogens (primary N) is 1. The summed E-state index contributed by atoms with van der Waals surface area (Å²) in [5.74, 6) is 0.480. The Morgan fingerprint density at radius 1 is 1.33 bits per heavy atom. The molecule has 0 fully saturated rings. The van der Waals surface area contributed by atoms with E-state index in [2.05, 4.69) is 60.1 Å². The second kappa shape index (κ2) is 10.6. The molecule has 0 aliphatic heterocycles. The highest BCUT2D eigenvalue weighted by Crippen LogP contribution is 2.07. The average molecular weight is 402 g/mol. The van der Waals surface area contributed by atoms with Crippen LogP contribution in [0.1, 0.15) is 12.5 Å². The van der Waals surface area contributed by atoms with E-state index in [1.165, 1.54) is 5.56 Å². The van der Waals surface area contributed by atoms with Crippen molar-refractivity contribution < 1.29 is 0 Å². The highest BCUT2D eigenvalue weighted by molar-refractivity contribution is 14.0. The van der Waals surface area contributed by atoms with Crippen molar-refractivity contribution in [3.63, 3.8) is 0 Å². The Kier molecular flexibility index (Phi) is 10.1. The Balaban J connectivity index is 0.00000400. The number of benzene rings is 1. The molecule has 5 heteroatoms. The van der Waals surface area contributed by atoms with Gasteiger partial charge in [-0.15, -0.1) is 24.0 Å². The fourth-order valence-electron chi connectivity index (χ4n) is 1.80. The van der Waals surface area contributed by atoms with Crippen molar-refractivity contribution >= 4 is 29.9 Å². The lowest BCUT2D eigenvalue weighted by atomic mass is 10.1. The fraction of sp³-hybridized carbons (Fsp3) is 0.438. The third-order valence-electron chi connectivity index (χ3n) is 3.09. The van der Waals surface area contributed by atoms with Crippen LogP contribution in [0.2, 0.25) is 0 Å². The molecule has 1 rings (SSSR count). The van der Waals surface area contributed by atoms with Crippen LogP contribution in [0.25, 0.3) is 0 Å². The number of halogens is 1. The smallest absolute Gasteiger partial charge is 0.188 e. The maximum absolute atomic E-state index is 5.84. The van der Waals surface area contributed by atoms with Crippen molar-refractivity contribution in [1.82, 2.24) is 10.2 Å². The summed E-state index contributed by atoms with van der Waals surface area (Å²) in [6, 6.07) is 10.8. The van der Waals surface area contributed by atoms with Gasteiger partial charge < -0.3 is 16.0 Å². The molecule has 0 saturated carbocycles. The maximum Gasteiger partial charge on any atom is 0.188 e. The molecule has 1 aromatic rings. The van der Waals surface area contributed by atoms with E-state index in [9.17, 15) is 0 Å². The molecule has 0 amide bonds. The number of hydrogen-bond donors (Lipinski definition) is 2. The molecule has 1 aromatic carbocycles. The summed E-state index contributed by atoms with van der Waals surface area (Å²) in [5.41, 5.74) is 8.20. The first-order valence-corrected chi connectivity index (χ1v) is 6.87. The SMILES string of the molecule is C=C(C)CNC(N)=NCC(Cc1ccccc1)N(C)C.I. The van der Waals surface area contributed by atoms with Crippen LogP contribution in [0.3, 0.4) is 0 Å². The average Bonchev–Trinajstić information content (AvgIpc) is 2.42. The van der Waals surface area contributed by atoms with Crippen LogP contribution < -0.4 is 11.1 Å². The summed E-state index contributed by atoms with van der Waals surface area (Å²) >= 11 is 0. The minimum atomic E-state index is 0. The Hall–Kier alpha value is -1.08. The lowest BCUT2D eigenvalue weighted by molar-refractivity contribution is 0.298. The van der Waals surface area contributed by atoms with Crippen LogP contribution in [0.4, 0.5) is 0 Å². The van der Waals surface area contributed by atoms with Gasteiger partial charge in [0.15, 0.2) is 5.96 Å². The van der Waals surface area contributed by atoms with E-state index in [4.69, 9.17) is 5.73 Å². The molecule has 3 N–H and O–H groups in total. The van der Waals surface area contributed by atoms with Gasteiger partial charge in [-0.25, -0.2) is 0 Å². The van der Waals surface area contributed by atoms with Gasteiger partial charge in [-0.3, -0.25) is 4.99 Å². The molecule has 0 aromatic heterocycles. The quantitative estimate of drug-likeness (QED) is 0.319. The predicted molar refractivity (Wildman–Crippen MR) is 102 cm³/mol. The molecule has 118 valence electrons. The highest BCUT2D eigenvalue weighted by Gasteiger charge is 2.11. The number of nitrogens with zero attached hydrogens (tertiary/aromatic N) is 2. The van der Waals surface area contributed by atoms with E-state index < -0.39 is 0 Å². The van der Waals surface area contributed by atoms with Gasteiger partial charge in [0.05, 0.1) is 6.54 Å². The first-order chi connectivity index (χ1) is 9.49. The summed E-state index contributed by atoms with van der Waals surface area (Å²) in [6.07, 6.45) is 0.963. The van der Waals surface area contributed by atoms with E-state index in [1.54, 1.807) is 0 Å². The van der Waals surface area contributed by atoms with Crippen molar-refractivity contribution in [2.45, 2.75) is 19.4 Å². The van der Waals surface area contributed by atoms with Gasteiger partial charge in [-0.1, -0.05) is 42.5 Å². The Morgan fingerprint density at radius 3 is 2.48 bits per heavy atom. The summed E-state index contributed by atoms with van der Waals surface area (Å²) in [7, 11) is 4.14. The molecular weight excluding hydrogens is 375 g/mol. The van der Waals surface area contributed by atoms with Gasteiger partial charge >= 0.3 is 0 Å². The monoisotopic (exact) mass is 402 g/mol. The lowest BCUT2D eigenvalue weighted by Gasteiger charge is -2.23. The van der Waals surface area contributed by atoms with Gasteiger partial charge in [-0.05, 0) is 33.0 Å². The van der Waals surface area contributed by atoms with Crippen LogP contribution in [-0.4, -0.2) is 44.1 Å². The number of guanidine groups is 1. The zero-order valence-corrected chi connectivity index (χ0v) is 15.5. The summed E-state index contributed by atoms with van der Waals surface area (Å²) < 4.78 is 0. The van der Waals surface area contributed by atoms with Gasteiger partial charge in [0.1, 0.15) is 0 Å². The number of likely N-dealkylation sites (N-methyl/N-ethyl adjacent to an activating group) is 1. The largest absolute Gasteiger partial charge is 0.370 e. The molecule has 0 radical (unpaired) electrons. The van der Waals surface area contributed by atoms with Crippen LogP contribution in [0, 0.1) is 0 Å². The van der Waals surface area contributed by atoms with E-state index in [1.807, 2.05) is 13.0 Å². The molecule has 0 saturated heterocycles. The van der Waals surface area contributed by atoms with Crippen LogP contribution in [0.15, 0.2) is 47.5 Å². The Morgan fingerprint density at radius 2 is 1.95 bits per heavy atom. The number of aliphatic imine (C=N–C) groups is 1. The predicted octanol–water partition coefficient (Wildman–Crippen LogP) is 2.26. The molecule has 21 heavy (non-hydrogen) atoms. The third-order valence-corrected chi connectivity index (χ3v) is 3.09. The van der Waals surface area contributed by atoms with Crippen molar-refractivity contribution in [3.05, 3.63) is 48.0 Å². The van der Waals surface area contributed by atoms with Gasteiger partial charge in [0.25, 0.3) is 0 Å². The molecule has 0 heterocycles. The van der Waals surface area contributed by atoms with Gasteiger partial charge in [0, 0.05) is 12.6 Å². The first kappa shape index (κ1) is 19.9. The zero-order valence-electron chi connectivity index (χ0n) is 13.2. The fourth-order valence-corrected chi connectivity index (χ4v) is 1.80. The minimum absolute atomic E-state index is 0. The number of hydrogen-bond acceptors (Lipinski definition) is 2. The standard InChI is InChI=1S/C16H26N4.HI/c1-13(2)11-18-16(17)19-12-15(20(3)4)10-14-8-6-5-7-9-14;/h5-9,15H,1,10-12H2,2-4H3,(H3,17,18,19);1H. The number of rotatable bonds is 7. The van der Waals surface area contributed by atoms with Crippen LogP contribution >= 0.6 is 24.0 Å².